The SMILES string of the molecule is CCCCC(=O)Oc1ccc(S(C)(C)OS(=O)(=O)OC)cc1. The van der Waals surface area contributed by atoms with Crippen molar-refractivity contribution in [3.63, 3.8) is 0 Å². The van der Waals surface area contributed by atoms with Gasteiger partial charge < -0.3 is 4.74 Å². The lowest BCUT2D eigenvalue weighted by Crippen LogP contribution is -2.12. The van der Waals surface area contributed by atoms with Gasteiger partial charge in [0.2, 0.25) is 0 Å². The third-order valence-corrected chi connectivity index (χ3v) is 6.66. The van der Waals surface area contributed by atoms with Crippen LogP contribution in [0.5, 0.6) is 5.75 Å². The molecule has 0 N–H and O–H groups in total. The highest BCUT2D eigenvalue weighted by Crippen LogP contribution is 2.51. The van der Waals surface area contributed by atoms with Crippen molar-refractivity contribution in [3.8, 4) is 5.75 Å². The van der Waals surface area contributed by atoms with Crippen LogP contribution in [0.3, 0.4) is 0 Å². The van der Waals surface area contributed by atoms with Crippen molar-refractivity contribution in [1.82, 2.24) is 0 Å². The van der Waals surface area contributed by atoms with Gasteiger partial charge in [-0.05, 0) is 43.2 Å². The zero-order chi connectivity index (χ0) is 16.8. The van der Waals surface area contributed by atoms with Crippen molar-refractivity contribution < 1.29 is 25.8 Å². The van der Waals surface area contributed by atoms with Gasteiger partial charge in [-0.1, -0.05) is 23.7 Å². The Balaban J connectivity index is 2.77. The highest BCUT2D eigenvalue weighted by Gasteiger charge is 2.24. The normalized spacial score (nSPS) is 12.9. The fraction of sp³-hybridized carbons (Fsp3) is 0.500. The zero-order valence-electron chi connectivity index (χ0n) is 13.2. The van der Waals surface area contributed by atoms with Crippen LogP contribution in [0.2, 0.25) is 0 Å². The third-order valence-electron chi connectivity index (χ3n) is 2.82. The maximum absolute atomic E-state index is 11.5. The minimum Gasteiger partial charge on any atom is -0.427 e. The van der Waals surface area contributed by atoms with Gasteiger partial charge in [-0.15, -0.1) is 0 Å². The van der Waals surface area contributed by atoms with Crippen molar-refractivity contribution in [2.45, 2.75) is 31.1 Å². The average molecular weight is 350 g/mol. The fourth-order valence-electron chi connectivity index (χ4n) is 1.61. The van der Waals surface area contributed by atoms with E-state index in [9.17, 15) is 13.2 Å². The van der Waals surface area contributed by atoms with E-state index in [0.29, 0.717) is 17.1 Å². The first kappa shape index (κ1) is 19.0. The van der Waals surface area contributed by atoms with E-state index in [4.69, 9.17) is 8.37 Å². The first-order valence-corrected chi connectivity index (χ1v) is 10.5. The molecular weight excluding hydrogens is 328 g/mol. The molecule has 0 radical (unpaired) electrons. The van der Waals surface area contributed by atoms with Crippen LogP contribution in [-0.2, 0) is 23.0 Å². The second-order valence-electron chi connectivity index (χ2n) is 4.93. The summed E-state index contributed by atoms with van der Waals surface area (Å²) in [6.07, 6.45) is 5.47. The molecule has 0 aromatic heterocycles. The standard InChI is InChI=1S/C14H22O6S2/c1-5-6-7-14(15)19-12-8-10-13(11-9-12)21(3,4)20-22(16,17)18-2/h8-11H,5-7H2,1-4H3. The molecule has 0 atom stereocenters. The number of benzene rings is 1. The molecule has 0 heterocycles. The molecule has 0 saturated carbocycles. The second-order valence-corrected chi connectivity index (χ2v) is 9.56. The number of unbranched alkanes of at least 4 members (excludes halogenated alkanes) is 1. The summed E-state index contributed by atoms with van der Waals surface area (Å²) in [5, 5.41) is 0. The minimum absolute atomic E-state index is 0.278. The topological polar surface area (TPSA) is 78.9 Å². The summed E-state index contributed by atoms with van der Waals surface area (Å²) in [5.74, 6) is 0.147. The zero-order valence-corrected chi connectivity index (χ0v) is 14.8. The summed E-state index contributed by atoms with van der Waals surface area (Å²) < 4.78 is 37.4. The van der Waals surface area contributed by atoms with Crippen molar-refractivity contribution >= 4 is 26.7 Å². The number of carbonyl (C=O) groups excluding carboxylic acids is 1. The Morgan fingerprint density at radius 2 is 1.73 bits per heavy atom. The van der Waals surface area contributed by atoms with Gasteiger partial charge in [0.05, 0.1) is 7.11 Å². The van der Waals surface area contributed by atoms with Gasteiger partial charge in [-0.2, -0.15) is 12.0 Å². The van der Waals surface area contributed by atoms with Crippen LogP contribution in [0.25, 0.3) is 0 Å². The molecule has 0 bridgehead atoms. The van der Waals surface area contributed by atoms with Crippen LogP contribution >= 0.6 is 10.3 Å². The van der Waals surface area contributed by atoms with Crippen molar-refractivity contribution in [2.24, 2.45) is 0 Å². The smallest absolute Gasteiger partial charge is 0.409 e. The average Bonchev–Trinajstić information content (AvgIpc) is 2.44. The van der Waals surface area contributed by atoms with Gasteiger partial charge in [0.25, 0.3) is 0 Å². The Kier molecular flexibility index (Phi) is 6.86. The first-order valence-electron chi connectivity index (χ1n) is 6.76. The molecule has 0 saturated heterocycles. The molecule has 6 nitrogen and oxygen atoms in total. The van der Waals surface area contributed by atoms with Crippen molar-refractivity contribution in [3.05, 3.63) is 24.3 Å². The number of hydrogen-bond donors (Lipinski definition) is 0. The van der Waals surface area contributed by atoms with Crippen LogP contribution in [0.4, 0.5) is 0 Å². The summed E-state index contributed by atoms with van der Waals surface area (Å²) in [6.45, 7) is 2.00. The summed E-state index contributed by atoms with van der Waals surface area (Å²) in [4.78, 5) is 12.2. The molecule has 0 fully saturated rings. The second kappa shape index (κ2) is 7.96. The molecule has 0 amide bonds. The summed E-state index contributed by atoms with van der Waals surface area (Å²) in [5.41, 5.74) is 0. The van der Waals surface area contributed by atoms with Crippen LogP contribution in [0.1, 0.15) is 26.2 Å². The van der Waals surface area contributed by atoms with Crippen LogP contribution in [0.15, 0.2) is 29.2 Å². The van der Waals surface area contributed by atoms with E-state index in [0.717, 1.165) is 20.0 Å². The molecule has 0 unspecified atom stereocenters. The maximum Gasteiger partial charge on any atom is 0.409 e. The van der Waals surface area contributed by atoms with Gasteiger partial charge in [0.1, 0.15) is 5.75 Å². The molecule has 22 heavy (non-hydrogen) atoms. The molecule has 1 aromatic rings. The van der Waals surface area contributed by atoms with Gasteiger partial charge in [0, 0.05) is 11.3 Å². The quantitative estimate of drug-likeness (QED) is 0.530. The summed E-state index contributed by atoms with van der Waals surface area (Å²) in [7, 11) is -5.01. The van der Waals surface area contributed by atoms with E-state index in [1.54, 1.807) is 36.8 Å². The number of carbonyl (C=O) groups is 1. The predicted molar refractivity (Wildman–Crippen MR) is 86.3 cm³/mol. The van der Waals surface area contributed by atoms with E-state index in [-0.39, 0.29) is 5.97 Å². The monoisotopic (exact) mass is 350 g/mol. The predicted octanol–water partition coefficient (Wildman–Crippen LogP) is 3.03. The van der Waals surface area contributed by atoms with Gasteiger partial charge in [0.15, 0.2) is 0 Å². The van der Waals surface area contributed by atoms with Crippen LogP contribution in [-0.4, -0.2) is 34.0 Å². The number of ether oxygens (including phenoxy) is 1. The molecule has 1 aromatic carbocycles. The van der Waals surface area contributed by atoms with Gasteiger partial charge >= 0.3 is 16.4 Å². The molecular formula is C14H22O6S2. The van der Waals surface area contributed by atoms with E-state index in [1.165, 1.54) is 0 Å². The maximum atomic E-state index is 11.5. The lowest BCUT2D eigenvalue weighted by Gasteiger charge is -2.29. The highest BCUT2D eigenvalue weighted by atomic mass is 32.3. The Hall–Kier alpha value is -1.09. The third kappa shape index (κ3) is 5.96. The molecule has 1 rings (SSSR count). The molecule has 0 aliphatic carbocycles. The molecule has 8 heteroatoms. The molecule has 0 aliphatic heterocycles. The van der Waals surface area contributed by atoms with E-state index in [2.05, 4.69) is 4.18 Å². The Bertz CT molecular complexity index is 592. The minimum atomic E-state index is -4.01. The van der Waals surface area contributed by atoms with Crippen LogP contribution in [0, 0.1) is 0 Å². The number of hydrogen-bond acceptors (Lipinski definition) is 6. The Morgan fingerprint density at radius 1 is 1.14 bits per heavy atom. The Morgan fingerprint density at radius 3 is 2.23 bits per heavy atom. The summed E-state index contributed by atoms with van der Waals surface area (Å²) >= 11 is 0. The van der Waals surface area contributed by atoms with E-state index in [1.807, 2.05) is 6.92 Å². The summed E-state index contributed by atoms with van der Waals surface area (Å²) in [6, 6.07) is 6.61. The lowest BCUT2D eigenvalue weighted by molar-refractivity contribution is -0.134. The lowest BCUT2D eigenvalue weighted by atomic mass is 10.2. The molecule has 126 valence electrons. The Labute approximate surface area is 133 Å². The fourth-order valence-corrected chi connectivity index (χ4v) is 4.61. The number of esters is 1. The molecule has 0 spiro atoms. The molecule has 0 aliphatic rings. The van der Waals surface area contributed by atoms with Gasteiger partial charge in [-0.3, -0.25) is 8.98 Å². The highest BCUT2D eigenvalue weighted by molar-refractivity contribution is 8.31. The van der Waals surface area contributed by atoms with E-state index >= 15 is 0 Å². The van der Waals surface area contributed by atoms with Crippen LogP contribution < -0.4 is 4.74 Å². The first-order chi connectivity index (χ1) is 10.2. The largest absolute Gasteiger partial charge is 0.427 e. The van der Waals surface area contributed by atoms with E-state index < -0.39 is 20.7 Å². The van der Waals surface area contributed by atoms with Crippen molar-refractivity contribution in [2.75, 3.05) is 19.6 Å². The number of rotatable bonds is 8. The van der Waals surface area contributed by atoms with Crippen molar-refractivity contribution in [1.29, 1.82) is 0 Å². The van der Waals surface area contributed by atoms with Gasteiger partial charge in [-0.25, -0.2) is 0 Å².